The molecule has 5 heteroatoms. The van der Waals surface area contributed by atoms with Crippen LogP contribution in [0.3, 0.4) is 0 Å². The van der Waals surface area contributed by atoms with E-state index in [4.69, 9.17) is 10.5 Å². The minimum absolute atomic E-state index is 0.0000231. The lowest BCUT2D eigenvalue weighted by molar-refractivity contribution is 0.00355. The van der Waals surface area contributed by atoms with E-state index in [1.807, 2.05) is 11.8 Å². The zero-order valence-corrected chi connectivity index (χ0v) is 11.2. The first kappa shape index (κ1) is 12.4. The Morgan fingerprint density at radius 2 is 2.35 bits per heavy atom. The Hall–Kier alpha value is -1.07. The summed E-state index contributed by atoms with van der Waals surface area (Å²) in [6, 6.07) is 5.44. The van der Waals surface area contributed by atoms with Gasteiger partial charge in [0, 0.05) is 12.2 Å². The molecule has 1 heterocycles. The van der Waals surface area contributed by atoms with Crippen LogP contribution in [-0.4, -0.2) is 36.6 Å². The van der Waals surface area contributed by atoms with Gasteiger partial charge in [-0.05, 0) is 35.0 Å². The van der Waals surface area contributed by atoms with Crippen LogP contribution in [0.1, 0.15) is 17.3 Å². The van der Waals surface area contributed by atoms with Crippen molar-refractivity contribution in [2.75, 3.05) is 25.5 Å². The molecule has 0 saturated carbocycles. The lowest BCUT2D eigenvalue weighted by Gasteiger charge is -2.33. The Morgan fingerprint density at radius 3 is 3.06 bits per heavy atom. The van der Waals surface area contributed by atoms with Crippen molar-refractivity contribution in [2.24, 2.45) is 0 Å². The Morgan fingerprint density at radius 1 is 1.59 bits per heavy atom. The van der Waals surface area contributed by atoms with Crippen LogP contribution in [0.25, 0.3) is 0 Å². The van der Waals surface area contributed by atoms with Gasteiger partial charge in [-0.3, -0.25) is 4.79 Å². The van der Waals surface area contributed by atoms with Gasteiger partial charge in [-0.15, -0.1) is 0 Å². The number of hydrogen-bond acceptors (Lipinski definition) is 3. The first-order chi connectivity index (χ1) is 8.11. The summed E-state index contributed by atoms with van der Waals surface area (Å²) in [7, 11) is 0. The lowest BCUT2D eigenvalue weighted by atomic mass is 10.1. The van der Waals surface area contributed by atoms with E-state index >= 15 is 0 Å². The number of carbonyl (C=O) groups is 1. The maximum absolute atomic E-state index is 12.4. The summed E-state index contributed by atoms with van der Waals surface area (Å²) in [5.74, 6) is -0.0000231. The van der Waals surface area contributed by atoms with Crippen LogP contribution in [0, 0.1) is 0 Å². The normalized spacial score (nSPS) is 20.4. The van der Waals surface area contributed by atoms with Gasteiger partial charge in [0.1, 0.15) is 0 Å². The SMILES string of the molecule is C[C@@H]1COCCN1C(=O)c1cccc(N)c1Br. The minimum atomic E-state index is -0.0000231. The number of ether oxygens (including phenoxy) is 1. The van der Waals surface area contributed by atoms with E-state index in [1.54, 1.807) is 18.2 Å². The molecule has 2 rings (SSSR count). The number of carbonyl (C=O) groups excluding carboxylic acids is 1. The maximum Gasteiger partial charge on any atom is 0.255 e. The predicted octanol–water partition coefficient (Wildman–Crippen LogP) is 1.89. The van der Waals surface area contributed by atoms with Gasteiger partial charge in [-0.1, -0.05) is 6.07 Å². The smallest absolute Gasteiger partial charge is 0.255 e. The second-order valence-corrected chi connectivity index (χ2v) is 4.92. The van der Waals surface area contributed by atoms with Crippen LogP contribution in [-0.2, 0) is 4.74 Å². The maximum atomic E-state index is 12.4. The molecule has 1 aliphatic rings. The van der Waals surface area contributed by atoms with E-state index < -0.39 is 0 Å². The highest BCUT2D eigenvalue weighted by Crippen LogP contribution is 2.25. The molecule has 1 aromatic rings. The Balaban J connectivity index is 2.27. The molecule has 1 atom stereocenters. The Labute approximate surface area is 109 Å². The van der Waals surface area contributed by atoms with Gasteiger partial charge in [0.2, 0.25) is 0 Å². The third-order valence-electron chi connectivity index (χ3n) is 2.89. The second kappa shape index (κ2) is 5.06. The van der Waals surface area contributed by atoms with Crippen molar-refractivity contribution in [1.29, 1.82) is 0 Å². The fourth-order valence-corrected chi connectivity index (χ4v) is 2.33. The molecule has 1 aromatic carbocycles. The van der Waals surface area contributed by atoms with Crippen LogP contribution in [0.2, 0.25) is 0 Å². The van der Waals surface area contributed by atoms with Gasteiger partial charge >= 0.3 is 0 Å². The number of morpholine rings is 1. The van der Waals surface area contributed by atoms with E-state index in [2.05, 4.69) is 15.9 Å². The molecule has 1 saturated heterocycles. The molecule has 1 amide bonds. The number of nitrogen functional groups attached to an aromatic ring is 1. The van der Waals surface area contributed by atoms with Crippen LogP contribution in [0.5, 0.6) is 0 Å². The zero-order chi connectivity index (χ0) is 12.4. The predicted molar refractivity (Wildman–Crippen MR) is 69.9 cm³/mol. The molecule has 17 heavy (non-hydrogen) atoms. The molecular formula is C12H15BrN2O2. The van der Waals surface area contributed by atoms with Crippen molar-refractivity contribution < 1.29 is 9.53 Å². The van der Waals surface area contributed by atoms with Gasteiger partial charge in [-0.2, -0.15) is 0 Å². The molecule has 0 unspecified atom stereocenters. The van der Waals surface area contributed by atoms with Gasteiger partial charge < -0.3 is 15.4 Å². The highest BCUT2D eigenvalue weighted by Gasteiger charge is 2.26. The molecule has 0 bridgehead atoms. The zero-order valence-electron chi connectivity index (χ0n) is 9.65. The van der Waals surface area contributed by atoms with E-state index in [0.717, 1.165) is 0 Å². The highest BCUT2D eigenvalue weighted by molar-refractivity contribution is 9.10. The number of nitrogens with two attached hydrogens (primary N) is 1. The number of benzene rings is 1. The van der Waals surface area contributed by atoms with Crippen LogP contribution in [0.4, 0.5) is 5.69 Å². The van der Waals surface area contributed by atoms with E-state index in [1.165, 1.54) is 0 Å². The van der Waals surface area contributed by atoms with Gasteiger partial charge in [-0.25, -0.2) is 0 Å². The number of anilines is 1. The average Bonchev–Trinajstić information content (AvgIpc) is 2.32. The van der Waals surface area contributed by atoms with Crippen molar-refractivity contribution in [3.63, 3.8) is 0 Å². The summed E-state index contributed by atoms with van der Waals surface area (Å²) in [5.41, 5.74) is 6.97. The molecule has 1 fully saturated rings. The van der Waals surface area contributed by atoms with Crippen molar-refractivity contribution in [1.82, 2.24) is 4.90 Å². The van der Waals surface area contributed by atoms with E-state index in [-0.39, 0.29) is 11.9 Å². The van der Waals surface area contributed by atoms with Crippen molar-refractivity contribution in [3.05, 3.63) is 28.2 Å². The van der Waals surface area contributed by atoms with Crippen LogP contribution < -0.4 is 5.73 Å². The minimum Gasteiger partial charge on any atom is -0.398 e. The number of rotatable bonds is 1. The molecule has 2 N–H and O–H groups in total. The molecular weight excluding hydrogens is 284 g/mol. The summed E-state index contributed by atoms with van der Waals surface area (Å²) < 4.78 is 5.99. The average molecular weight is 299 g/mol. The van der Waals surface area contributed by atoms with Gasteiger partial charge in [0.15, 0.2) is 0 Å². The lowest BCUT2D eigenvalue weighted by Crippen LogP contribution is -2.47. The molecule has 92 valence electrons. The first-order valence-electron chi connectivity index (χ1n) is 5.54. The number of nitrogens with zero attached hydrogens (tertiary/aromatic N) is 1. The summed E-state index contributed by atoms with van der Waals surface area (Å²) >= 11 is 3.36. The largest absolute Gasteiger partial charge is 0.398 e. The summed E-state index contributed by atoms with van der Waals surface area (Å²) in [6.07, 6.45) is 0. The molecule has 0 aliphatic carbocycles. The summed E-state index contributed by atoms with van der Waals surface area (Å²) in [4.78, 5) is 14.2. The quantitative estimate of drug-likeness (QED) is 0.806. The van der Waals surface area contributed by atoms with Crippen molar-refractivity contribution in [3.8, 4) is 0 Å². The van der Waals surface area contributed by atoms with E-state index in [0.29, 0.717) is 35.5 Å². The summed E-state index contributed by atoms with van der Waals surface area (Å²) in [6.45, 7) is 3.79. The topological polar surface area (TPSA) is 55.6 Å². The summed E-state index contributed by atoms with van der Waals surface area (Å²) in [5, 5.41) is 0. The van der Waals surface area contributed by atoms with Crippen molar-refractivity contribution >= 4 is 27.5 Å². The number of hydrogen-bond donors (Lipinski definition) is 1. The monoisotopic (exact) mass is 298 g/mol. The van der Waals surface area contributed by atoms with Crippen molar-refractivity contribution in [2.45, 2.75) is 13.0 Å². The van der Waals surface area contributed by atoms with Crippen LogP contribution in [0.15, 0.2) is 22.7 Å². The van der Waals surface area contributed by atoms with Crippen LogP contribution >= 0.6 is 15.9 Å². The standard InChI is InChI=1S/C12H15BrN2O2/c1-8-7-17-6-5-15(8)12(16)9-3-2-4-10(14)11(9)13/h2-4,8H,5-7,14H2,1H3/t8-/m1/s1. The fourth-order valence-electron chi connectivity index (χ4n) is 1.90. The fraction of sp³-hybridized carbons (Fsp3) is 0.417. The molecule has 0 spiro atoms. The molecule has 1 aliphatic heterocycles. The van der Waals surface area contributed by atoms with Gasteiger partial charge in [0.25, 0.3) is 5.91 Å². The Bertz CT molecular complexity index is 437. The highest BCUT2D eigenvalue weighted by atomic mass is 79.9. The van der Waals surface area contributed by atoms with Gasteiger partial charge in [0.05, 0.1) is 29.3 Å². The molecule has 0 radical (unpaired) electrons. The number of halogens is 1. The third-order valence-corrected chi connectivity index (χ3v) is 3.77. The second-order valence-electron chi connectivity index (χ2n) is 4.13. The molecule has 4 nitrogen and oxygen atoms in total. The first-order valence-corrected chi connectivity index (χ1v) is 6.33. The third kappa shape index (κ3) is 2.45. The molecule has 0 aromatic heterocycles. The number of amides is 1. The van der Waals surface area contributed by atoms with E-state index in [9.17, 15) is 4.79 Å². The Kier molecular flexibility index (Phi) is 3.69.